The Balaban J connectivity index is 1.21. The fourth-order valence-electron chi connectivity index (χ4n) is 4.37. The highest BCUT2D eigenvalue weighted by atomic mass is 16.5. The Bertz CT molecular complexity index is 847. The molecular weight excluding hydrogens is 332 g/mol. The first-order chi connectivity index (χ1) is 13.3. The lowest BCUT2D eigenvalue weighted by atomic mass is 9.89. The van der Waals surface area contributed by atoms with E-state index in [0.29, 0.717) is 0 Å². The molecule has 1 saturated heterocycles. The van der Waals surface area contributed by atoms with Gasteiger partial charge in [-0.1, -0.05) is 30.3 Å². The molecule has 142 valence electrons. The summed E-state index contributed by atoms with van der Waals surface area (Å²) in [6, 6.07) is 17.3. The largest absolute Gasteiger partial charge is 0.497 e. The highest BCUT2D eigenvalue weighted by molar-refractivity contribution is 5.84. The van der Waals surface area contributed by atoms with E-state index in [4.69, 9.17) is 4.74 Å². The van der Waals surface area contributed by atoms with Gasteiger partial charge in [-0.2, -0.15) is 0 Å². The molecule has 0 radical (unpaired) electrons. The van der Waals surface area contributed by atoms with Crippen LogP contribution >= 0.6 is 0 Å². The number of hydrogen-bond donors (Lipinski definition) is 1. The van der Waals surface area contributed by atoms with Gasteiger partial charge in [0.2, 0.25) is 0 Å². The first-order valence-corrected chi connectivity index (χ1v) is 10.2. The fourth-order valence-corrected chi connectivity index (χ4v) is 4.37. The lowest BCUT2D eigenvalue weighted by molar-refractivity contribution is 0.209. The number of H-pyrrole nitrogens is 1. The molecule has 0 unspecified atom stereocenters. The molecule has 1 aliphatic rings. The molecule has 0 amide bonds. The number of fused-ring (bicyclic) bond motifs is 1. The summed E-state index contributed by atoms with van der Waals surface area (Å²) < 4.78 is 5.31. The maximum Gasteiger partial charge on any atom is 0.120 e. The highest BCUT2D eigenvalue weighted by Gasteiger charge is 2.19. The van der Waals surface area contributed by atoms with Crippen molar-refractivity contribution in [2.45, 2.75) is 38.0 Å². The third kappa shape index (κ3) is 4.36. The summed E-state index contributed by atoms with van der Waals surface area (Å²) in [6.07, 6.45) is 8.43. The Kier molecular flexibility index (Phi) is 5.78. The van der Waals surface area contributed by atoms with Crippen molar-refractivity contribution >= 4 is 10.9 Å². The molecule has 3 heteroatoms. The molecule has 3 aromatic rings. The molecular formula is C24H30N2O. The Morgan fingerprint density at radius 3 is 2.63 bits per heavy atom. The Hall–Kier alpha value is -2.26. The van der Waals surface area contributed by atoms with Crippen LogP contribution in [0.4, 0.5) is 0 Å². The lowest BCUT2D eigenvalue weighted by Gasteiger charge is -2.32. The topological polar surface area (TPSA) is 28.3 Å². The molecule has 1 N–H and O–H groups in total. The second kappa shape index (κ2) is 8.62. The Labute approximate surface area is 162 Å². The molecule has 1 fully saturated rings. The van der Waals surface area contributed by atoms with Crippen LogP contribution in [0.15, 0.2) is 54.7 Å². The number of rotatable bonds is 7. The van der Waals surface area contributed by atoms with Crippen LogP contribution in [0.1, 0.15) is 42.7 Å². The number of hydrogen-bond acceptors (Lipinski definition) is 2. The molecule has 27 heavy (non-hydrogen) atoms. The summed E-state index contributed by atoms with van der Waals surface area (Å²) >= 11 is 0. The number of aromatic nitrogens is 1. The maximum atomic E-state index is 5.31. The predicted molar refractivity (Wildman–Crippen MR) is 113 cm³/mol. The number of aryl methyl sites for hydroxylation is 1. The van der Waals surface area contributed by atoms with Gasteiger partial charge in [-0.15, -0.1) is 0 Å². The van der Waals surface area contributed by atoms with Crippen LogP contribution < -0.4 is 4.74 Å². The van der Waals surface area contributed by atoms with Gasteiger partial charge in [-0.05, 0) is 80.9 Å². The van der Waals surface area contributed by atoms with Gasteiger partial charge in [0.25, 0.3) is 0 Å². The van der Waals surface area contributed by atoms with Crippen molar-refractivity contribution in [3.63, 3.8) is 0 Å². The van der Waals surface area contributed by atoms with Crippen molar-refractivity contribution in [1.82, 2.24) is 9.88 Å². The molecule has 1 aliphatic heterocycles. The zero-order valence-corrected chi connectivity index (χ0v) is 16.3. The summed E-state index contributed by atoms with van der Waals surface area (Å²) in [5.41, 5.74) is 4.12. The third-order valence-electron chi connectivity index (χ3n) is 6.00. The number of benzene rings is 2. The van der Waals surface area contributed by atoms with Crippen molar-refractivity contribution < 1.29 is 4.74 Å². The smallest absolute Gasteiger partial charge is 0.120 e. The van der Waals surface area contributed by atoms with Gasteiger partial charge in [0.15, 0.2) is 0 Å². The second-order valence-electron chi connectivity index (χ2n) is 7.71. The summed E-state index contributed by atoms with van der Waals surface area (Å²) in [6.45, 7) is 3.72. The van der Waals surface area contributed by atoms with Crippen molar-refractivity contribution in [1.29, 1.82) is 0 Å². The first kappa shape index (κ1) is 18.1. The standard InChI is InChI=1S/C24H30N2O/c1-27-22-10-11-23-21(18-25-24(23)17-22)9-5-6-14-26-15-12-20(13-16-26)19-7-3-2-4-8-19/h2-4,7-8,10-11,17-18,20,25H,5-6,9,12-16H2,1H3. The number of likely N-dealkylation sites (tertiary alicyclic amines) is 1. The molecule has 4 rings (SSSR count). The van der Waals surface area contributed by atoms with Crippen LogP contribution in [0.25, 0.3) is 10.9 Å². The monoisotopic (exact) mass is 362 g/mol. The van der Waals surface area contributed by atoms with E-state index in [2.05, 4.69) is 64.6 Å². The van der Waals surface area contributed by atoms with Crippen molar-refractivity contribution in [2.24, 2.45) is 0 Å². The van der Waals surface area contributed by atoms with Crippen LogP contribution in [0.3, 0.4) is 0 Å². The first-order valence-electron chi connectivity index (χ1n) is 10.2. The van der Waals surface area contributed by atoms with Crippen molar-refractivity contribution in [3.05, 3.63) is 65.9 Å². The normalized spacial score (nSPS) is 16.0. The molecule has 0 atom stereocenters. The van der Waals surface area contributed by atoms with Gasteiger partial charge in [0.1, 0.15) is 5.75 Å². The quantitative estimate of drug-likeness (QED) is 0.572. The van der Waals surface area contributed by atoms with E-state index in [9.17, 15) is 0 Å². The van der Waals surface area contributed by atoms with E-state index in [-0.39, 0.29) is 0 Å². The van der Waals surface area contributed by atoms with E-state index in [0.717, 1.165) is 18.1 Å². The van der Waals surface area contributed by atoms with Crippen LogP contribution in [0.2, 0.25) is 0 Å². The Morgan fingerprint density at radius 1 is 1.04 bits per heavy atom. The summed E-state index contributed by atoms with van der Waals surface area (Å²) in [5, 5.41) is 1.33. The summed E-state index contributed by atoms with van der Waals surface area (Å²) in [7, 11) is 1.72. The number of aromatic amines is 1. The molecule has 1 aromatic heterocycles. The minimum Gasteiger partial charge on any atom is -0.497 e. The Morgan fingerprint density at radius 2 is 1.85 bits per heavy atom. The molecule has 0 spiro atoms. The summed E-state index contributed by atoms with van der Waals surface area (Å²) in [4.78, 5) is 6.04. The number of nitrogens with one attached hydrogen (secondary N) is 1. The van der Waals surface area contributed by atoms with Gasteiger partial charge in [-0.25, -0.2) is 0 Å². The molecule has 0 bridgehead atoms. The van der Waals surface area contributed by atoms with Gasteiger partial charge in [0, 0.05) is 23.2 Å². The molecule has 3 nitrogen and oxygen atoms in total. The third-order valence-corrected chi connectivity index (χ3v) is 6.00. The van der Waals surface area contributed by atoms with Crippen LogP contribution in [-0.4, -0.2) is 36.6 Å². The molecule has 0 aliphatic carbocycles. The van der Waals surface area contributed by atoms with Crippen molar-refractivity contribution in [2.75, 3.05) is 26.7 Å². The van der Waals surface area contributed by atoms with Gasteiger partial charge in [-0.3, -0.25) is 0 Å². The lowest BCUT2D eigenvalue weighted by Crippen LogP contribution is -2.33. The van der Waals surface area contributed by atoms with E-state index in [1.165, 1.54) is 67.3 Å². The number of nitrogens with zero attached hydrogens (tertiary/aromatic N) is 1. The SMILES string of the molecule is COc1ccc2c(CCCCN3CCC(c4ccccc4)CC3)c[nH]c2c1. The summed E-state index contributed by atoms with van der Waals surface area (Å²) in [5.74, 6) is 1.67. The van der Waals surface area contributed by atoms with E-state index < -0.39 is 0 Å². The molecule has 2 aromatic carbocycles. The van der Waals surface area contributed by atoms with Gasteiger partial charge >= 0.3 is 0 Å². The number of ether oxygens (including phenoxy) is 1. The molecule has 2 heterocycles. The van der Waals surface area contributed by atoms with E-state index in [1.54, 1.807) is 7.11 Å². The average molecular weight is 363 g/mol. The molecule has 0 saturated carbocycles. The average Bonchev–Trinajstić information content (AvgIpc) is 3.14. The van der Waals surface area contributed by atoms with Crippen LogP contribution in [0, 0.1) is 0 Å². The number of methoxy groups -OCH3 is 1. The van der Waals surface area contributed by atoms with E-state index in [1.807, 2.05) is 0 Å². The fraction of sp³-hybridized carbons (Fsp3) is 0.417. The highest BCUT2D eigenvalue weighted by Crippen LogP contribution is 2.28. The minimum atomic E-state index is 0.755. The van der Waals surface area contributed by atoms with Gasteiger partial charge in [0.05, 0.1) is 7.11 Å². The zero-order chi connectivity index (χ0) is 18.5. The van der Waals surface area contributed by atoms with E-state index >= 15 is 0 Å². The van der Waals surface area contributed by atoms with Crippen LogP contribution in [0.5, 0.6) is 5.75 Å². The number of piperidine rings is 1. The zero-order valence-electron chi connectivity index (χ0n) is 16.3. The predicted octanol–water partition coefficient (Wildman–Crippen LogP) is 5.38. The second-order valence-corrected chi connectivity index (χ2v) is 7.71. The number of unbranched alkanes of at least 4 members (excludes halogenated alkanes) is 1. The van der Waals surface area contributed by atoms with Gasteiger partial charge < -0.3 is 14.6 Å². The van der Waals surface area contributed by atoms with Crippen LogP contribution in [-0.2, 0) is 6.42 Å². The van der Waals surface area contributed by atoms with Crippen molar-refractivity contribution in [3.8, 4) is 5.75 Å². The minimum absolute atomic E-state index is 0.755. The maximum absolute atomic E-state index is 5.31.